The van der Waals surface area contributed by atoms with E-state index in [1.165, 1.54) is 4.90 Å². The second-order valence-corrected chi connectivity index (χ2v) is 10.6. The Hall–Kier alpha value is -4.08. The number of aromatic nitrogens is 3. The van der Waals surface area contributed by atoms with Gasteiger partial charge in [0.2, 0.25) is 11.8 Å². The molecule has 40 heavy (non-hydrogen) atoms. The first-order valence-electron chi connectivity index (χ1n) is 13.8. The van der Waals surface area contributed by atoms with Crippen molar-refractivity contribution in [3.05, 3.63) is 72.1 Å². The molecule has 0 radical (unpaired) electrons. The quantitative estimate of drug-likeness (QED) is 0.305. The van der Waals surface area contributed by atoms with E-state index in [1.54, 1.807) is 25.4 Å². The molecule has 9 heteroatoms. The summed E-state index contributed by atoms with van der Waals surface area (Å²) in [7, 11) is 1.59. The van der Waals surface area contributed by atoms with E-state index in [1.807, 2.05) is 49.4 Å². The number of carbonyl (C=O) groups excluding carboxylic acids is 2. The smallest absolute Gasteiger partial charge is 0.251 e. The van der Waals surface area contributed by atoms with Gasteiger partial charge in [-0.25, -0.2) is 9.88 Å². The molecule has 2 heterocycles. The molecule has 4 aromatic rings. The van der Waals surface area contributed by atoms with E-state index >= 15 is 0 Å². The number of imide groups is 1. The first-order chi connectivity index (χ1) is 19.4. The van der Waals surface area contributed by atoms with Gasteiger partial charge in [0.05, 0.1) is 30.6 Å². The lowest BCUT2D eigenvalue weighted by atomic mass is 9.81. The van der Waals surface area contributed by atoms with Gasteiger partial charge in [-0.1, -0.05) is 24.3 Å². The van der Waals surface area contributed by atoms with E-state index < -0.39 is 11.9 Å². The number of nitrogens with one attached hydrogen (secondary N) is 1. The van der Waals surface area contributed by atoms with Crippen molar-refractivity contribution in [1.82, 2.24) is 15.2 Å². The zero-order valence-corrected chi connectivity index (χ0v) is 23.0. The Morgan fingerprint density at radius 2 is 1.82 bits per heavy atom. The molecule has 0 saturated heterocycles. The van der Waals surface area contributed by atoms with Crippen LogP contribution in [-0.4, -0.2) is 46.7 Å². The number of amides is 2. The van der Waals surface area contributed by atoms with Gasteiger partial charge in [0.1, 0.15) is 0 Å². The number of anilines is 1. The summed E-state index contributed by atoms with van der Waals surface area (Å²) in [6.07, 6.45) is 5.21. The second-order valence-electron chi connectivity index (χ2n) is 10.6. The lowest BCUT2D eigenvalue weighted by Crippen LogP contribution is -2.50. The highest BCUT2D eigenvalue weighted by Gasteiger charge is 2.35. The van der Waals surface area contributed by atoms with Crippen LogP contribution in [0.2, 0.25) is 0 Å². The molecule has 0 unspecified atom stereocenters. The predicted octanol–water partition coefficient (Wildman–Crippen LogP) is 4.14. The summed E-state index contributed by atoms with van der Waals surface area (Å²) in [5.74, 6) is 0.145. The minimum atomic E-state index is -0.892. The standard InChI is InChI=1S/C31H36N6O3/c1-19-26(13-14-29(35-19)40-2)22-7-3-20(4-8-22)15-27(33)31(39)37(25-12-11-24-18-34-36-28(24)16-25)30(38)23-9-5-21(17-32)6-10-23/h3-4,7-8,11-14,16,18,21,23,27H,5-6,9-10,15,17,32-33H2,1-2H3,(H,34,36)/t21?,23?,27-/m0/s1. The Morgan fingerprint density at radius 3 is 2.50 bits per heavy atom. The molecular weight excluding hydrogens is 504 g/mol. The second kappa shape index (κ2) is 12.0. The Labute approximate surface area is 233 Å². The largest absolute Gasteiger partial charge is 0.481 e. The summed E-state index contributed by atoms with van der Waals surface area (Å²) in [6.45, 7) is 2.56. The third-order valence-corrected chi connectivity index (χ3v) is 7.96. The van der Waals surface area contributed by atoms with Crippen LogP contribution in [-0.2, 0) is 16.0 Å². The number of aryl methyl sites for hydroxylation is 1. The summed E-state index contributed by atoms with van der Waals surface area (Å²) in [5, 5.41) is 7.90. The highest BCUT2D eigenvalue weighted by molar-refractivity contribution is 6.17. The number of benzene rings is 2. The molecule has 2 aromatic carbocycles. The van der Waals surface area contributed by atoms with Crippen molar-refractivity contribution >= 4 is 28.4 Å². The van der Waals surface area contributed by atoms with Crippen LogP contribution in [0.15, 0.2) is 60.8 Å². The van der Waals surface area contributed by atoms with Crippen LogP contribution >= 0.6 is 0 Å². The fourth-order valence-corrected chi connectivity index (χ4v) is 5.54. The first kappa shape index (κ1) is 27.5. The number of H-pyrrole nitrogens is 1. The fourth-order valence-electron chi connectivity index (χ4n) is 5.54. The van der Waals surface area contributed by atoms with Crippen molar-refractivity contribution in [2.45, 2.75) is 45.1 Å². The number of nitrogens with two attached hydrogens (primary N) is 2. The molecule has 2 aromatic heterocycles. The Morgan fingerprint density at radius 1 is 1.07 bits per heavy atom. The van der Waals surface area contributed by atoms with Crippen LogP contribution < -0.4 is 21.1 Å². The van der Waals surface area contributed by atoms with Gasteiger partial charge in [0.15, 0.2) is 0 Å². The number of hydrogen-bond donors (Lipinski definition) is 3. The molecule has 1 atom stereocenters. The van der Waals surface area contributed by atoms with Gasteiger partial charge in [0.25, 0.3) is 5.91 Å². The molecular formula is C31H36N6O3. The van der Waals surface area contributed by atoms with Gasteiger partial charge in [0, 0.05) is 28.6 Å². The number of ether oxygens (including phenoxy) is 1. The molecule has 0 aliphatic heterocycles. The molecule has 1 fully saturated rings. The number of carbonyl (C=O) groups is 2. The third kappa shape index (κ3) is 5.76. The maximum absolute atomic E-state index is 13.8. The van der Waals surface area contributed by atoms with E-state index in [0.717, 1.165) is 46.1 Å². The van der Waals surface area contributed by atoms with Crippen LogP contribution in [0.3, 0.4) is 0 Å². The summed E-state index contributed by atoms with van der Waals surface area (Å²) < 4.78 is 5.21. The lowest BCUT2D eigenvalue weighted by molar-refractivity contribution is -0.130. The zero-order valence-electron chi connectivity index (χ0n) is 23.0. The van der Waals surface area contributed by atoms with Gasteiger partial charge in [-0.05, 0) is 86.9 Å². The molecule has 5 rings (SSSR count). The molecule has 0 bridgehead atoms. The van der Waals surface area contributed by atoms with Gasteiger partial charge < -0.3 is 16.2 Å². The Kier molecular flexibility index (Phi) is 8.23. The minimum Gasteiger partial charge on any atom is -0.481 e. The van der Waals surface area contributed by atoms with Gasteiger partial charge in [-0.2, -0.15) is 5.10 Å². The zero-order chi connectivity index (χ0) is 28.2. The highest BCUT2D eigenvalue weighted by Crippen LogP contribution is 2.32. The Balaban J connectivity index is 1.36. The molecule has 2 amide bonds. The summed E-state index contributed by atoms with van der Waals surface area (Å²) >= 11 is 0. The molecule has 1 aliphatic rings. The van der Waals surface area contributed by atoms with Crippen molar-refractivity contribution < 1.29 is 14.3 Å². The number of methoxy groups -OCH3 is 1. The minimum absolute atomic E-state index is 0.201. The Bertz CT molecular complexity index is 1490. The number of hydrogen-bond acceptors (Lipinski definition) is 7. The average Bonchev–Trinajstić information content (AvgIpc) is 3.46. The summed E-state index contributed by atoms with van der Waals surface area (Å²) in [5.41, 5.74) is 17.4. The van der Waals surface area contributed by atoms with Gasteiger partial charge >= 0.3 is 0 Å². The number of nitrogens with zero attached hydrogens (tertiary/aromatic N) is 3. The van der Waals surface area contributed by atoms with Gasteiger partial charge in [-0.3, -0.25) is 14.7 Å². The SMILES string of the molecule is COc1ccc(-c2ccc(C[C@H](N)C(=O)N(C(=O)C3CCC(CN)CC3)c3ccc4cn[nH]c4c3)cc2)c(C)n1. The molecule has 208 valence electrons. The first-order valence-corrected chi connectivity index (χ1v) is 13.8. The van der Waals surface area contributed by atoms with E-state index in [0.29, 0.717) is 43.3 Å². The normalized spacial score (nSPS) is 17.9. The van der Waals surface area contributed by atoms with Crippen molar-refractivity contribution in [2.75, 3.05) is 18.6 Å². The van der Waals surface area contributed by atoms with E-state index in [-0.39, 0.29) is 11.8 Å². The molecule has 0 spiro atoms. The molecule has 1 aliphatic carbocycles. The van der Waals surface area contributed by atoms with E-state index in [4.69, 9.17) is 16.2 Å². The van der Waals surface area contributed by atoms with Crippen LogP contribution in [0.4, 0.5) is 5.69 Å². The van der Waals surface area contributed by atoms with E-state index in [2.05, 4.69) is 15.2 Å². The average molecular weight is 541 g/mol. The van der Waals surface area contributed by atoms with E-state index in [9.17, 15) is 9.59 Å². The molecule has 5 N–H and O–H groups in total. The number of rotatable bonds is 8. The monoisotopic (exact) mass is 540 g/mol. The maximum atomic E-state index is 13.8. The lowest BCUT2D eigenvalue weighted by Gasteiger charge is -2.32. The van der Waals surface area contributed by atoms with Crippen molar-refractivity contribution in [3.63, 3.8) is 0 Å². The number of pyridine rings is 1. The van der Waals surface area contributed by atoms with Crippen LogP contribution in [0.1, 0.15) is 36.9 Å². The molecule has 1 saturated carbocycles. The highest BCUT2D eigenvalue weighted by atomic mass is 16.5. The summed E-state index contributed by atoms with van der Waals surface area (Å²) in [4.78, 5) is 33.4. The van der Waals surface area contributed by atoms with Crippen LogP contribution in [0.5, 0.6) is 5.88 Å². The van der Waals surface area contributed by atoms with Crippen molar-refractivity contribution in [3.8, 4) is 17.0 Å². The summed E-state index contributed by atoms with van der Waals surface area (Å²) in [6, 6.07) is 16.3. The molecule has 9 nitrogen and oxygen atoms in total. The number of fused-ring (bicyclic) bond motifs is 1. The topological polar surface area (TPSA) is 140 Å². The van der Waals surface area contributed by atoms with Crippen LogP contribution in [0, 0.1) is 18.8 Å². The van der Waals surface area contributed by atoms with Crippen LogP contribution in [0.25, 0.3) is 22.0 Å². The fraction of sp³-hybridized carbons (Fsp3) is 0.355. The van der Waals surface area contributed by atoms with Crippen molar-refractivity contribution in [2.24, 2.45) is 23.3 Å². The maximum Gasteiger partial charge on any atom is 0.251 e. The predicted molar refractivity (Wildman–Crippen MR) is 156 cm³/mol. The number of aromatic amines is 1. The van der Waals surface area contributed by atoms with Crippen molar-refractivity contribution in [1.29, 1.82) is 0 Å². The third-order valence-electron chi connectivity index (χ3n) is 7.96. The van der Waals surface area contributed by atoms with Gasteiger partial charge in [-0.15, -0.1) is 0 Å².